The Morgan fingerprint density at radius 3 is 2.26 bits per heavy atom. The lowest BCUT2D eigenvalue weighted by molar-refractivity contribution is -0.384. The number of non-ortho nitro benzene ring substituents is 1. The van der Waals surface area contributed by atoms with Crippen LogP contribution >= 0.6 is 0 Å². The molecule has 1 aromatic heterocycles. The van der Waals surface area contributed by atoms with Gasteiger partial charge in [0.25, 0.3) is 11.6 Å². The van der Waals surface area contributed by atoms with Crippen LogP contribution in [0.15, 0.2) is 57.7 Å². The van der Waals surface area contributed by atoms with Crippen molar-refractivity contribution in [3.05, 3.63) is 80.2 Å². The second-order valence-corrected chi connectivity index (χ2v) is 4.75. The maximum absolute atomic E-state index is 12.6. The molecule has 0 saturated carbocycles. The monoisotopic (exact) mass is 311 g/mol. The first-order valence-electron chi connectivity index (χ1n) is 6.53. The highest BCUT2D eigenvalue weighted by atomic mass is 16.6. The first kappa shape index (κ1) is 14.5. The van der Waals surface area contributed by atoms with Gasteiger partial charge < -0.3 is 9.52 Å². The van der Waals surface area contributed by atoms with Crippen LogP contribution in [0.2, 0.25) is 0 Å². The Kier molecular flexibility index (Phi) is 3.38. The fourth-order valence-electron chi connectivity index (χ4n) is 2.29. The molecule has 0 amide bonds. The maximum Gasteiger partial charge on any atom is 0.346 e. The second kappa shape index (κ2) is 5.38. The number of rotatable bonds is 3. The summed E-state index contributed by atoms with van der Waals surface area (Å²) >= 11 is 0. The number of carbonyl (C=O) groups is 1. The smallest absolute Gasteiger partial charge is 0.346 e. The predicted octanol–water partition coefficient (Wildman–Crippen LogP) is 2.64. The zero-order valence-electron chi connectivity index (χ0n) is 11.6. The van der Waals surface area contributed by atoms with Crippen molar-refractivity contribution in [2.45, 2.75) is 0 Å². The van der Waals surface area contributed by atoms with Gasteiger partial charge in [0.15, 0.2) is 0 Å². The molecule has 0 radical (unpaired) electrons. The number of carbonyl (C=O) groups excluding carboxylic acids is 1. The standard InChI is InChI=1S/C16H9NO6/c18-14(9-5-7-10(8-6-9)17(21)22)13-11-3-1-2-4-12(11)15(19)23-16(13)20/h1-8,20H. The Balaban J connectivity index is 2.18. The molecule has 3 aromatic rings. The topological polar surface area (TPSA) is 111 Å². The molecule has 2 aromatic carbocycles. The van der Waals surface area contributed by atoms with Gasteiger partial charge in [0.2, 0.25) is 5.78 Å². The van der Waals surface area contributed by atoms with Crippen molar-refractivity contribution < 1.29 is 19.2 Å². The SMILES string of the molecule is O=C(c1ccc([N+](=O)[O-])cc1)c1c(O)oc(=O)c2ccccc12. The Bertz CT molecular complexity index is 988. The van der Waals surface area contributed by atoms with E-state index in [0.717, 1.165) is 0 Å². The minimum absolute atomic E-state index is 0.130. The summed E-state index contributed by atoms with van der Waals surface area (Å²) in [7, 11) is 0. The molecule has 23 heavy (non-hydrogen) atoms. The first-order valence-corrected chi connectivity index (χ1v) is 6.53. The zero-order valence-corrected chi connectivity index (χ0v) is 11.6. The van der Waals surface area contributed by atoms with Crippen LogP contribution in [-0.4, -0.2) is 15.8 Å². The fraction of sp³-hybridized carbons (Fsp3) is 0. The second-order valence-electron chi connectivity index (χ2n) is 4.75. The van der Waals surface area contributed by atoms with E-state index in [9.17, 15) is 24.8 Å². The van der Waals surface area contributed by atoms with E-state index in [-0.39, 0.29) is 27.6 Å². The van der Waals surface area contributed by atoms with Gasteiger partial charge in [-0.2, -0.15) is 0 Å². The summed E-state index contributed by atoms with van der Waals surface area (Å²) in [5.74, 6) is -1.38. The van der Waals surface area contributed by atoms with E-state index in [4.69, 9.17) is 4.42 Å². The summed E-state index contributed by atoms with van der Waals surface area (Å²) in [6, 6.07) is 11.2. The minimum Gasteiger partial charge on any atom is -0.480 e. The lowest BCUT2D eigenvalue weighted by Crippen LogP contribution is -2.08. The molecule has 0 atom stereocenters. The summed E-state index contributed by atoms with van der Waals surface area (Å²) in [6.07, 6.45) is 0. The molecule has 1 N–H and O–H groups in total. The van der Waals surface area contributed by atoms with Crippen LogP contribution in [0, 0.1) is 10.1 Å². The van der Waals surface area contributed by atoms with E-state index in [0.29, 0.717) is 0 Å². The maximum atomic E-state index is 12.6. The molecule has 0 aliphatic heterocycles. The normalized spacial score (nSPS) is 10.6. The van der Waals surface area contributed by atoms with Gasteiger partial charge in [0.05, 0.1) is 10.3 Å². The van der Waals surface area contributed by atoms with Gasteiger partial charge in [-0.05, 0) is 18.2 Å². The first-order chi connectivity index (χ1) is 11.0. The summed E-state index contributed by atoms with van der Waals surface area (Å²) < 4.78 is 4.70. The Labute approximate surface area is 128 Å². The third kappa shape index (κ3) is 2.44. The lowest BCUT2D eigenvalue weighted by atomic mass is 9.99. The molecule has 7 heteroatoms. The summed E-state index contributed by atoms with van der Waals surface area (Å²) in [5, 5.41) is 20.9. The molecule has 3 rings (SSSR count). The number of benzene rings is 2. The summed E-state index contributed by atoms with van der Waals surface area (Å²) in [6.45, 7) is 0. The van der Waals surface area contributed by atoms with Crippen LogP contribution in [0.4, 0.5) is 5.69 Å². The van der Waals surface area contributed by atoms with Gasteiger partial charge in [0, 0.05) is 23.1 Å². The van der Waals surface area contributed by atoms with Crippen molar-refractivity contribution in [2.75, 3.05) is 0 Å². The van der Waals surface area contributed by atoms with Crippen molar-refractivity contribution in [1.82, 2.24) is 0 Å². The van der Waals surface area contributed by atoms with E-state index in [1.165, 1.54) is 36.4 Å². The highest BCUT2D eigenvalue weighted by molar-refractivity contribution is 6.17. The molecule has 114 valence electrons. The summed E-state index contributed by atoms with van der Waals surface area (Å²) in [4.78, 5) is 34.4. The van der Waals surface area contributed by atoms with Gasteiger partial charge in [-0.15, -0.1) is 0 Å². The highest BCUT2D eigenvalue weighted by Gasteiger charge is 2.21. The third-order valence-corrected chi connectivity index (χ3v) is 3.39. The quantitative estimate of drug-likeness (QED) is 0.452. The van der Waals surface area contributed by atoms with Gasteiger partial charge in [-0.25, -0.2) is 4.79 Å². The molecule has 0 bridgehead atoms. The van der Waals surface area contributed by atoms with E-state index < -0.39 is 22.3 Å². The molecule has 0 unspecified atom stereocenters. The Hall–Kier alpha value is -3.48. The van der Waals surface area contributed by atoms with Crippen molar-refractivity contribution >= 4 is 22.2 Å². The van der Waals surface area contributed by atoms with Crippen molar-refractivity contribution in [3.63, 3.8) is 0 Å². The van der Waals surface area contributed by atoms with E-state index in [1.54, 1.807) is 12.1 Å². The zero-order chi connectivity index (χ0) is 16.6. The molecular weight excluding hydrogens is 302 g/mol. The molecular formula is C16H9NO6. The number of hydrogen-bond donors (Lipinski definition) is 1. The van der Waals surface area contributed by atoms with Crippen LogP contribution in [0.25, 0.3) is 10.8 Å². The molecule has 0 aliphatic rings. The molecule has 0 fully saturated rings. The highest BCUT2D eigenvalue weighted by Crippen LogP contribution is 2.27. The van der Waals surface area contributed by atoms with Crippen LogP contribution in [0.3, 0.4) is 0 Å². The average molecular weight is 311 g/mol. The molecule has 0 spiro atoms. The Morgan fingerprint density at radius 1 is 1.04 bits per heavy atom. The van der Waals surface area contributed by atoms with Crippen LogP contribution in [-0.2, 0) is 0 Å². The van der Waals surface area contributed by atoms with Crippen molar-refractivity contribution in [1.29, 1.82) is 0 Å². The Morgan fingerprint density at radius 2 is 1.65 bits per heavy atom. The van der Waals surface area contributed by atoms with Gasteiger partial charge in [0.1, 0.15) is 5.56 Å². The van der Waals surface area contributed by atoms with Crippen LogP contribution in [0.1, 0.15) is 15.9 Å². The summed E-state index contributed by atoms with van der Waals surface area (Å²) in [5.41, 5.74) is -0.937. The average Bonchev–Trinajstić information content (AvgIpc) is 2.55. The molecule has 1 heterocycles. The number of hydrogen-bond acceptors (Lipinski definition) is 6. The van der Waals surface area contributed by atoms with Crippen LogP contribution in [0.5, 0.6) is 5.95 Å². The van der Waals surface area contributed by atoms with Crippen molar-refractivity contribution in [3.8, 4) is 5.95 Å². The largest absolute Gasteiger partial charge is 0.480 e. The minimum atomic E-state index is -0.781. The number of fused-ring (bicyclic) bond motifs is 1. The van der Waals surface area contributed by atoms with E-state index >= 15 is 0 Å². The van der Waals surface area contributed by atoms with Gasteiger partial charge >= 0.3 is 5.63 Å². The number of nitro benzene ring substituents is 1. The fourth-order valence-corrected chi connectivity index (χ4v) is 2.29. The predicted molar refractivity (Wildman–Crippen MR) is 80.7 cm³/mol. The number of ketones is 1. The molecule has 0 saturated heterocycles. The van der Waals surface area contributed by atoms with Crippen LogP contribution < -0.4 is 5.63 Å². The lowest BCUT2D eigenvalue weighted by Gasteiger charge is -2.06. The van der Waals surface area contributed by atoms with Gasteiger partial charge in [-0.1, -0.05) is 18.2 Å². The van der Waals surface area contributed by atoms with Gasteiger partial charge in [-0.3, -0.25) is 14.9 Å². The number of nitrogens with zero attached hydrogens (tertiary/aromatic N) is 1. The van der Waals surface area contributed by atoms with E-state index in [2.05, 4.69) is 0 Å². The molecule has 0 aliphatic carbocycles. The molecule has 7 nitrogen and oxygen atoms in total. The number of nitro groups is 1. The third-order valence-electron chi connectivity index (χ3n) is 3.39. The number of aromatic hydroxyl groups is 1. The van der Waals surface area contributed by atoms with Crippen molar-refractivity contribution in [2.24, 2.45) is 0 Å². The van der Waals surface area contributed by atoms with E-state index in [1.807, 2.05) is 0 Å².